The van der Waals surface area contributed by atoms with Crippen molar-refractivity contribution in [3.05, 3.63) is 21.3 Å². The molecule has 1 aromatic heterocycles. The Morgan fingerprint density at radius 2 is 2.00 bits per heavy atom. The molecule has 1 aliphatic heterocycles. The lowest BCUT2D eigenvalue weighted by Crippen LogP contribution is -2.51. The second-order valence-electron chi connectivity index (χ2n) is 5.69. The third-order valence-electron chi connectivity index (χ3n) is 3.91. The topological polar surface area (TPSA) is 107 Å². The number of hydrogen-bond acceptors (Lipinski definition) is 6. The van der Waals surface area contributed by atoms with Crippen LogP contribution in [-0.2, 0) is 19.1 Å². The molecule has 25 heavy (non-hydrogen) atoms. The number of rotatable bonds is 7. The van der Waals surface area contributed by atoms with E-state index in [-0.39, 0.29) is 18.6 Å². The van der Waals surface area contributed by atoms with Crippen molar-refractivity contribution in [2.45, 2.75) is 38.1 Å². The van der Waals surface area contributed by atoms with Crippen LogP contribution in [0.3, 0.4) is 0 Å². The molecule has 0 spiro atoms. The summed E-state index contributed by atoms with van der Waals surface area (Å²) in [5.74, 6) is -1.85. The molecule has 1 aliphatic rings. The van der Waals surface area contributed by atoms with Gasteiger partial charge < -0.3 is 15.4 Å². The Morgan fingerprint density at radius 3 is 2.64 bits per heavy atom. The first-order chi connectivity index (χ1) is 11.9. The van der Waals surface area contributed by atoms with Gasteiger partial charge in [-0.2, -0.15) is 0 Å². The summed E-state index contributed by atoms with van der Waals surface area (Å²) < 4.78 is 5.42. The molecule has 1 fully saturated rings. The third-order valence-corrected chi connectivity index (χ3v) is 5.18. The van der Waals surface area contributed by atoms with E-state index < -0.39 is 30.4 Å². The van der Waals surface area contributed by atoms with Crippen LogP contribution in [0.25, 0.3) is 0 Å². The first kappa shape index (κ1) is 19.4. The highest BCUT2D eigenvalue weighted by atomic mass is 35.5. The molecule has 0 bridgehead atoms. The fourth-order valence-corrected chi connectivity index (χ4v) is 3.64. The van der Waals surface area contributed by atoms with Crippen molar-refractivity contribution in [1.82, 2.24) is 4.90 Å². The summed E-state index contributed by atoms with van der Waals surface area (Å²) in [4.78, 5) is 49.0. The SMILES string of the molecule is NC(=O)[C@H]1CCCCN1C(=O)COC(=O)CCC(=O)c1ccc(Cl)s1. The van der Waals surface area contributed by atoms with Crippen molar-refractivity contribution in [1.29, 1.82) is 0 Å². The van der Waals surface area contributed by atoms with Gasteiger partial charge in [0, 0.05) is 13.0 Å². The number of esters is 1. The smallest absolute Gasteiger partial charge is 0.306 e. The van der Waals surface area contributed by atoms with Crippen LogP contribution in [-0.4, -0.2) is 47.7 Å². The molecular formula is C16H19ClN2O5S. The summed E-state index contributed by atoms with van der Waals surface area (Å²) in [6.07, 6.45) is 1.98. The van der Waals surface area contributed by atoms with Gasteiger partial charge in [-0.15, -0.1) is 11.3 Å². The predicted octanol–water partition coefficient (Wildman–Crippen LogP) is 1.77. The molecule has 1 saturated heterocycles. The molecule has 1 atom stereocenters. The third kappa shape index (κ3) is 5.54. The van der Waals surface area contributed by atoms with E-state index in [4.69, 9.17) is 22.1 Å². The molecule has 0 aliphatic carbocycles. The number of Topliss-reactive ketones (excluding diaryl/α,β-unsaturated/α-hetero) is 1. The number of ketones is 1. The maximum Gasteiger partial charge on any atom is 0.306 e. The molecule has 0 aromatic carbocycles. The second kappa shape index (κ2) is 8.96. The highest BCUT2D eigenvalue weighted by molar-refractivity contribution is 7.18. The lowest BCUT2D eigenvalue weighted by molar-refractivity contribution is -0.154. The number of halogens is 1. The number of thiophene rings is 1. The second-order valence-corrected chi connectivity index (χ2v) is 7.40. The Bertz CT molecular complexity index is 675. The number of carbonyl (C=O) groups excluding carboxylic acids is 4. The van der Waals surface area contributed by atoms with E-state index in [9.17, 15) is 19.2 Å². The van der Waals surface area contributed by atoms with Gasteiger partial charge in [-0.25, -0.2) is 0 Å². The number of nitrogens with two attached hydrogens (primary N) is 1. The van der Waals surface area contributed by atoms with Gasteiger partial charge in [0.2, 0.25) is 5.91 Å². The van der Waals surface area contributed by atoms with E-state index in [1.165, 1.54) is 4.90 Å². The van der Waals surface area contributed by atoms with Gasteiger partial charge in [-0.05, 0) is 31.4 Å². The van der Waals surface area contributed by atoms with Gasteiger partial charge >= 0.3 is 5.97 Å². The van der Waals surface area contributed by atoms with Crippen molar-refractivity contribution in [3.63, 3.8) is 0 Å². The fourth-order valence-electron chi connectivity index (χ4n) is 2.63. The van der Waals surface area contributed by atoms with Crippen molar-refractivity contribution >= 4 is 46.5 Å². The quantitative estimate of drug-likeness (QED) is 0.567. The van der Waals surface area contributed by atoms with Crippen LogP contribution >= 0.6 is 22.9 Å². The molecule has 136 valence electrons. The monoisotopic (exact) mass is 386 g/mol. The first-order valence-electron chi connectivity index (χ1n) is 7.91. The fraction of sp³-hybridized carbons (Fsp3) is 0.500. The molecular weight excluding hydrogens is 368 g/mol. The summed E-state index contributed by atoms with van der Waals surface area (Å²) in [6, 6.07) is 2.57. The number of carbonyl (C=O) groups is 4. The standard InChI is InChI=1S/C16H19ClN2O5S/c17-13-6-5-12(25-13)11(20)4-7-15(22)24-9-14(21)19-8-2-1-3-10(19)16(18)23/h5-6,10H,1-4,7-9H2,(H2,18,23)/t10-/m1/s1. The highest BCUT2D eigenvalue weighted by Gasteiger charge is 2.30. The van der Waals surface area contributed by atoms with Crippen LogP contribution in [0.4, 0.5) is 0 Å². The molecule has 9 heteroatoms. The summed E-state index contributed by atoms with van der Waals surface area (Å²) in [5.41, 5.74) is 5.30. The minimum Gasteiger partial charge on any atom is -0.456 e. The van der Waals surface area contributed by atoms with E-state index in [1.54, 1.807) is 12.1 Å². The number of amides is 2. The van der Waals surface area contributed by atoms with E-state index in [0.29, 0.717) is 22.2 Å². The van der Waals surface area contributed by atoms with E-state index >= 15 is 0 Å². The average Bonchev–Trinajstić information content (AvgIpc) is 3.04. The number of likely N-dealkylation sites (tertiary alicyclic amines) is 1. The van der Waals surface area contributed by atoms with Gasteiger partial charge in [0.15, 0.2) is 12.4 Å². The number of ether oxygens (including phenoxy) is 1. The molecule has 0 unspecified atom stereocenters. The molecule has 2 N–H and O–H groups in total. The Morgan fingerprint density at radius 1 is 1.24 bits per heavy atom. The number of piperidine rings is 1. The Kier molecular flexibility index (Phi) is 6.95. The van der Waals surface area contributed by atoms with Crippen LogP contribution < -0.4 is 5.73 Å². The molecule has 0 saturated carbocycles. The van der Waals surface area contributed by atoms with Crippen molar-refractivity contribution < 1.29 is 23.9 Å². The maximum absolute atomic E-state index is 12.1. The summed E-state index contributed by atoms with van der Waals surface area (Å²) in [6.45, 7) is -0.0384. The Labute approximate surface area is 154 Å². The zero-order chi connectivity index (χ0) is 18.4. The normalized spacial score (nSPS) is 17.2. The lowest BCUT2D eigenvalue weighted by atomic mass is 10.0. The van der Waals surface area contributed by atoms with Gasteiger partial charge in [-0.1, -0.05) is 11.6 Å². The molecule has 7 nitrogen and oxygen atoms in total. The van der Waals surface area contributed by atoms with E-state index in [0.717, 1.165) is 24.2 Å². The van der Waals surface area contributed by atoms with Crippen molar-refractivity contribution in [2.75, 3.05) is 13.2 Å². The summed E-state index contributed by atoms with van der Waals surface area (Å²) in [5, 5.41) is 0. The highest BCUT2D eigenvalue weighted by Crippen LogP contribution is 2.23. The van der Waals surface area contributed by atoms with Gasteiger partial charge in [0.25, 0.3) is 5.91 Å². The van der Waals surface area contributed by atoms with Crippen LogP contribution in [0, 0.1) is 0 Å². The molecule has 0 radical (unpaired) electrons. The average molecular weight is 387 g/mol. The summed E-state index contributed by atoms with van der Waals surface area (Å²) >= 11 is 6.91. The van der Waals surface area contributed by atoms with E-state index in [2.05, 4.69) is 0 Å². The molecule has 2 amide bonds. The largest absolute Gasteiger partial charge is 0.456 e. The molecule has 2 heterocycles. The van der Waals surface area contributed by atoms with Crippen molar-refractivity contribution in [2.24, 2.45) is 5.73 Å². The lowest BCUT2D eigenvalue weighted by Gasteiger charge is -2.33. The van der Waals surface area contributed by atoms with E-state index in [1.807, 2.05) is 0 Å². The van der Waals surface area contributed by atoms with Crippen LogP contribution in [0.2, 0.25) is 4.34 Å². The Hall–Kier alpha value is -1.93. The zero-order valence-electron chi connectivity index (χ0n) is 13.5. The van der Waals surface area contributed by atoms with Crippen LogP contribution in [0.1, 0.15) is 41.8 Å². The number of nitrogens with zero attached hydrogens (tertiary/aromatic N) is 1. The maximum atomic E-state index is 12.1. The number of hydrogen-bond donors (Lipinski definition) is 1. The Balaban J connectivity index is 1.76. The summed E-state index contributed by atoms with van der Waals surface area (Å²) in [7, 11) is 0. The molecule has 2 rings (SSSR count). The number of primary amides is 1. The van der Waals surface area contributed by atoms with Crippen LogP contribution in [0.5, 0.6) is 0 Å². The van der Waals surface area contributed by atoms with Crippen molar-refractivity contribution in [3.8, 4) is 0 Å². The zero-order valence-corrected chi connectivity index (χ0v) is 15.1. The van der Waals surface area contributed by atoms with Crippen LogP contribution in [0.15, 0.2) is 12.1 Å². The first-order valence-corrected chi connectivity index (χ1v) is 9.11. The minimum atomic E-state index is -0.648. The van der Waals surface area contributed by atoms with Gasteiger partial charge in [0.05, 0.1) is 15.6 Å². The predicted molar refractivity (Wildman–Crippen MR) is 92.4 cm³/mol. The molecule has 1 aromatic rings. The minimum absolute atomic E-state index is 0.0164. The van der Waals surface area contributed by atoms with Gasteiger partial charge in [-0.3, -0.25) is 19.2 Å². The van der Waals surface area contributed by atoms with Gasteiger partial charge in [0.1, 0.15) is 6.04 Å².